The van der Waals surface area contributed by atoms with Gasteiger partial charge in [0.2, 0.25) is 0 Å². The molecule has 0 atom stereocenters. The number of nitrogens with zero attached hydrogens (tertiary/aromatic N) is 3. The smallest absolute Gasteiger partial charge is 0.123 e. The van der Waals surface area contributed by atoms with Gasteiger partial charge in [0, 0.05) is 37.1 Å². The lowest BCUT2D eigenvalue weighted by Gasteiger charge is -2.08. The van der Waals surface area contributed by atoms with Crippen LogP contribution in [0.3, 0.4) is 0 Å². The Morgan fingerprint density at radius 2 is 1.69 bits per heavy atom. The van der Waals surface area contributed by atoms with E-state index in [9.17, 15) is 4.39 Å². The maximum atomic E-state index is 13.1. The predicted molar refractivity (Wildman–Crippen MR) is 119 cm³/mol. The molecule has 1 N–H and O–H groups in total. The van der Waals surface area contributed by atoms with Crippen LogP contribution in [0.5, 0.6) is 5.75 Å². The summed E-state index contributed by atoms with van der Waals surface area (Å²) in [6.45, 7) is 1.93. The Morgan fingerprint density at radius 3 is 2.52 bits per heavy atom. The van der Waals surface area contributed by atoms with E-state index in [0.29, 0.717) is 19.7 Å². The minimum absolute atomic E-state index is 0. The van der Waals surface area contributed by atoms with E-state index in [1.54, 1.807) is 18.3 Å². The van der Waals surface area contributed by atoms with Gasteiger partial charge in [-0.25, -0.2) is 4.39 Å². The molecule has 2 aromatic heterocycles. The van der Waals surface area contributed by atoms with Crippen molar-refractivity contribution in [1.29, 1.82) is 0 Å². The fourth-order valence-electron chi connectivity index (χ4n) is 2.71. The molecule has 4 aromatic rings. The number of hydrogen-bond acceptors (Lipinski definition) is 6. The summed E-state index contributed by atoms with van der Waals surface area (Å²) in [7, 11) is 0. The average Bonchev–Trinajstić information content (AvgIpc) is 3.16. The number of rotatable bonds is 7. The van der Waals surface area contributed by atoms with Crippen molar-refractivity contribution < 1.29 is 9.13 Å². The molecule has 0 saturated carbocycles. The molecule has 29 heavy (non-hydrogen) atoms. The van der Waals surface area contributed by atoms with Crippen LogP contribution in [-0.4, -0.2) is 26.9 Å². The molecule has 0 radical (unpaired) electrons. The number of ether oxygens (including phenoxy) is 1. The number of hydrogen-bond donors (Lipinski definition) is 1. The molecule has 0 aliphatic rings. The van der Waals surface area contributed by atoms with E-state index in [2.05, 4.69) is 25.1 Å². The second-order valence-electron chi connectivity index (χ2n) is 6.03. The summed E-state index contributed by atoms with van der Waals surface area (Å²) < 4.78 is 27.2. The van der Waals surface area contributed by atoms with E-state index in [4.69, 9.17) is 4.74 Å². The molecule has 152 valence electrons. The van der Waals surface area contributed by atoms with E-state index in [-0.39, 0.29) is 30.6 Å². The quantitative estimate of drug-likeness (QED) is 0.403. The highest BCUT2D eigenvalue weighted by Gasteiger charge is 2.03. The lowest BCUT2D eigenvalue weighted by Crippen LogP contribution is -2.20. The first-order valence-electron chi connectivity index (χ1n) is 8.54. The third kappa shape index (κ3) is 6.08. The van der Waals surface area contributed by atoms with Crippen molar-refractivity contribution in [3.05, 3.63) is 72.3 Å². The molecular weight excluding hydrogens is 434 g/mol. The van der Waals surface area contributed by atoms with Crippen LogP contribution in [0.4, 0.5) is 4.39 Å². The van der Waals surface area contributed by atoms with Gasteiger partial charge in [-0.15, -0.1) is 24.8 Å². The van der Waals surface area contributed by atoms with Gasteiger partial charge in [0.05, 0.1) is 11.7 Å². The van der Waals surface area contributed by atoms with Crippen LogP contribution >= 0.6 is 36.5 Å². The summed E-state index contributed by atoms with van der Waals surface area (Å²) in [6, 6.07) is 14.2. The van der Waals surface area contributed by atoms with Gasteiger partial charge in [-0.3, -0.25) is 4.98 Å². The van der Waals surface area contributed by atoms with Crippen LogP contribution in [0.15, 0.2) is 60.9 Å². The topological polar surface area (TPSA) is 59.9 Å². The number of fused-ring (bicyclic) bond motifs is 1. The Morgan fingerprint density at radius 1 is 0.897 bits per heavy atom. The van der Waals surface area contributed by atoms with Crippen molar-refractivity contribution >= 4 is 47.6 Å². The van der Waals surface area contributed by atoms with Gasteiger partial charge in [0.15, 0.2) is 0 Å². The molecule has 0 aliphatic heterocycles. The SMILES string of the molecule is Cl.Cl.Fc1ccc(-c2cncc(CNCCOc3ccc4nsnc4c3)c2)cc1. The van der Waals surface area contributed by atoms with Gasteiger partial charge in [-0.2, -0.15) is 8.75 Å². The summed E-state index contributed by atoms with van der Waals surface area (Å²) in [5, 5.41) is 3.34. The molecule has 0 unspecified atom stereocenters. The third-order valence-corrected chi connectivity index (χ3v) is 4.63. The molecule has 0 amide bonds. The number of halogens is 3. The second kappa shape index (κ2) is 11.0. The third-order valence-electron chi connectivity index (χ3n) is 4.07. The molecule has 0 aliphatic carbocycles. The van der Waals surface area contributed by atoms with Crippen molar-refractivity contribution in [3.8, 4) is 16.9 Å². The van der Waals surface area contributed by atoms with E-state index in [0.717, 1.165) is 33.5 Å². The van der Waals surface area contributed by atoms with Gasteiger partial charge >= 0.3 is 0 Å². The van der Waals surface area contributed by atoms with Crippen molar-refractivity contribution in [2.75, 3.05) is 13.2 Å². The molecule has 2 heterocycles. The summed E-state index contributed by atoms with van der Waals surface area (Å²) in [6.07, 6.45) is 3.60. The van der Waals surface area contributed by atoms with E-state index < -0.39 is 0 Å². The Labute approximate surface area is 184 Å². The van der Waals surface area contributed by atoms with Gasteiger partial charge in [-0.05, 0) is 41.5 Å². The zero-order valence-electron chi connectivity index (χ0n) is 15.2. The summed E-state index contributed by atoms with van der Waals surface area (Å²) >= 11 is 1.20. The Hall–Kier alpha value is -2.32. The van der Waals surface area contributed by atoms with E-state index in [1.165, 1.54) is 23.9 Å². The highest BCUT2D eigenvalue weighted by Crippen LogP contribution is 2.20. The largest absolute Gasteiger partial charge is 0.492 e. The van der Waals surface area contributed by atoms with E-state index >= 15 is 0 Å². The minimum atomic E-state index is -0.241. The van der Waals surface area contributed by atoms with Crippen LogP contribution in [0.1, 0.15) is 5.56 Å². The van der Waals surface area contributed by atoms with Crippen molar-refractivity contribution in [3.63, 3.8) is 0 Å². The summed E-state index contributed by atoms with van der Waals surface area (Å²) in [5.41, 5.74) is 4.72. The van der Waals surface area contributed by atoms with Crippen LogP contribution in [-0.2, 0) is 6.54 Å². The van der Waals surface area contributed by atoms with E-state index in [1.807, 2.05) is 24.4 Å². The highest BCUT2D eigenvalue weighted by molar-refractivity contribution is 7.00. The molecule has 0 spiro atoms. The number of benzene rings is 2. The van der Waals surface area contributed by atoms with Crippen LogP contribution in [0.2, 0.25) is 0 Å². The molecule has 0 saturated heterocycles. The van der Waals surface area contributed by atoms with Gasteiger partial charge in [-0.1, -0.05) is 12.1 Å². The minimum Gasteiger partial charge on any atom is -0.492 e. The van der Waals surface area contributed by atoms with Crippen LogP contribution in [0, 0.1) is 5.82 Å². The average molecular weight is 453 g/mol. The lowest BCUT2D eigenvalue weighted by molar-refractivity contribution is 0.314. The zero-order valence-corrected chi connectivity index (χ0v) is 17.7. The predicted octanol–water partition coefficient (Wildman–Crippen LogP) is 4.90. The molecule has 5 nitrogen and oxygen atoms in total. The maximum absolute atomic E-state index is 13.1. The number of aromatic nitrogens is 3. The normalized spacial score (nSPS) is 10.2. The maximum Gasteiger partial charge on any atom is 0.123 e. The van der Waals surface area contributed by atoms with Crippen molar-refractivity contribution in [2.24, 2.45) is 0 Å². The first kappa shape index (κ1) is 23.0. The molecular formula is C20H19Cl2FN4OS. The van der Waals surface area contributed by atoms with Gasteiger partial charge in [0.1, 0.15) is 29.2 Å². The second-order valence-corrected chi connectivity index (χ2v) is 6.56. The molecule has 9 heteroatoms. The van der Waals surface area contributed by atoms with Gasteiger partial charge in [0.25, 0.3) is 0 Å². The fourth-order valence-corrected chi connectivity index (χ4v) is 3.23. The molecule has 4 rings (SSSR count). The van der Waals surface area contributed by atoms with Gasteiger partial charge < -0.3 is 10.1 Å². The lowest BCUT2D eigenvalue weighted by atomic mass is 10.1. The Balaban J connectivity index is 0.00000150. The Bertz CT molecular complexity index is 1050. The molecule has 0 fully saturated rings. The summed E-state index contributed by atoms with van der Waals surface area (Å²) in [5.74, 6) is 0.548. The van der Waals surface area contributed by atoms with Crippen molar-refractivity contribution in [2.45, 2.75) is 6.54 Å². The van der Waals surface area contributed by atoms with Crippen molar-refractivity contribution in [1.82, 2.24) is 19.0 Å². The number of nitrogens with one attached hydrogen (secondary N) is 1. The number of pyridine rings is 1. The first-order valence-corrected chi connectivity index (χ1v) is 9.27. The van der Waals surface area contributed by atoms with Crippen LogP contribution in [0.25, 0.3) is 22.2 Å². The zero-order chi connectivity index (χ0) is 18.5. The standard InChI is InChI=1S/C20H17FN4OS.2ClH/c21-17-3-1-15(2-4-17)16-9-14(12-23-13-16)11-22-7-8-26-18-5-6-19-20(10-18)25-27-24-19;;/h1-6,9-10,12-13,22H,7-8,11H2;2*1H. The monoisotopic (exact) mass is 452 g/mol. The summed E-state index contributed by atoms with van der Waals surface area (Å²) in [4.78, 5) is 4.28. The fraction of sp³-hybridized carbons (Fsp3) is 0.150. The van der Waals surface area contributed by atoms with Crippen LogP contribution < -0.4 is 10.1 Å². The molecule has 0 bridgehead atoms. The Kier molecular flexibility index (Phi) is 8.72. The highest BCUT2D eigenvalue weighted by atomic mass is 35.5. The molecule has 2 aromatic carbocycles. The first-order chi connectivity index (χ1) is 13.3.